The molecule has 0 bridgehead atoms. The molecule has 1 atom stereocenters. The Labute approximate surface area is 101 Å². The fraction of sp³-hybridized carbons (Fsp3) is 0.750. The van der Waals surface area contributed by atoms with Crippen LogP contribution in [-0.4, -0.2) is 21.1 Å². The van der Waals surface area contributed by atoms with Gasteiger partial charge in [-0.25, -0.2) is 4.98 Å². The molecule has 2 fully saturated rings. The molecule has 3 nitrogen and oxygen atoms in total. The number of hydrogen-bond donors (Lipinski definition) is 1. The molecule has 1 aromatic heterocycles. The number of thioether (sulfide) groups is 1. The van der Waals surface area contributed by atoms with Gasteiger partial charge in [0, 0.05) is 24.1 Å². The number of nitrogens with two attached hydrogens (primary N) is 1. The second kappa shape index (κ2) is 3.99. The summed E-state index contributed by atoms with van der Waals surface area (Å²) in [7, 11) is 0. The van der Waals surface area contributed by atoms with E-state index in [0.717, 1.165) is 12.4 Å². The predicted octanol–water partition coefficient (Wildman–Crippen LogP) is 2.58. The summed E-state index contributed by atoms with van der Waals surface area (Å²) in [5.74, 6) is 5.97. The molecule has 1 aromatic rings. The molecule has 1 aliphatic carbocycles. The largest absolute Gasteiger partial charge is 0.384 e. The minimum Gasteiger partial charge on any atom is -0.384 e. The van der Waals surface area contributed by atoms with Crippen molar-refractivity contribution in [2.45, 2.75) is 44.6 Å². The van der Waals surface area contributed by atoms with E-state index in [-0.39, 0.29) is 0 Å². The highest BCUT2D eigenvalue weighted by atomic mass is 32.2. The molecule has 1 unspecified atom stereocenters. The Balaban J connectivity index is 1.97. The van der Waals surface area contributed by atoms with Gasteiger partial charge < -0.3 is 10.3 Å². The Morgan fingerprint density at radius 1 is 1.38 bits per heavy atom. The zero-order valence-electron chi connectivity index (χ0n) is 9.78. The molecular weight excluding hydrogens is 218 g/mol. The van der Waals surface area contributed by atoms with Crippen LogP contribution in [0.15, 0.2) is 0 Å². The normalized spacial score (nSPS) is 25.2. The van der Waals surface area contributed by atoms with E-state index in [9.17, 15) is 0 Å². The molecule has 1 saturated carbocycles. The van der Waals surface area contributed by atoms with Crippen molar-refractivity contribution >= 4 is 17.6 Å². The van der Waals surface area contributed by atoms with Gasteiger partial charge in [-0.2, -0.15) is 11.8 Å². The van der Waals surface area contributed by atoms with E-state index in [1.54, 1.807) is 0 Å². The highest BCUT2D eigenvalue weighted by molar-refractivity contribution is 7.99. The molecule has 2 N–H and O–H groups in total. The number of nitrogen functional groups attached to an aromatic ring is 1. The van der Waals surface area contributed by atoms with E-state index in [1.807, 2.05) is 11.8 Å². The first-order chi connectivity index (χ1) is 7.81. The van der Waals surface area contributed by atoms with Crippen LogP contribution >= 0.6 is 11.8 Å². The summed E-state index contributed by atoms with van der Waals surface area (Å²) in [5, 5.41) is 0. The first-order valence-electron chi connectivity index (χ1n) is 6.24. The first kappa shape index (κ1) is 10.5. The van der Waals surface area contributed by atoms with Gasteiger partial charge in [-0.05, 0) is 31.9 Å². The van der Waals surface area contributed by atoms with E-state index in [0.29, 0.717) is 11.8 Å². The lowest BCUT2D eigenvalue weighted by molar-refractivity contribution is 0.708. The van der Waals surface area contributed by atoms with Crippen molar-refractivity contribution in [2.75, 3.05) is 17.2 Å². The fourth-order valence-electron chi connectivity index (χ4n) is 2.54. The van der Waals surface area contributed by atoms with E-state index in [2.05, 4.69) is 11.5 Å². The molecule has 1 saturated heterocycles. The molecule has 0 radical (unpaired) electrons. The summed E-state index contributed by atoms with van der Waals surface area (Å²) in [6, 6.07) is 0. The van der Waals surface area contributed by atoms with Gasteiger partial charge in [-0.15, -0.1) is 0 Å². The van der Waals surface area contributed by atoms with Crippen LogP contribution in [-0.2, 0) is 6.54 Å². The van der Waals surface area contributed by atoms with Crippen molar-refractivity contribution in [3.05, 3.63) is 11.5 Å². The number of anilines is 1. The summed E-state index contributed by atoms with van der Waals surface area (Å²) >= 11 is 2.03. The second-order valence-electron chi connectivity index (χ2n) is 4.82. The lowest BCUT2D eigenvalue weighted by Crippen LogP contribution is -2.06. The third-order valence-electron chi connectivity index (χ3n) is 3.64. The molecule has 0 amide bonds. The quantitative estimate of drug-likeness (QED) is 0.878. The first-order valence-corrected chi connectivity index (χ1v) is 7.40. The fourth-order valence-corrected chi connectivity index (χ4v) is 3.77. The van der Waals surface area contributed by atoms with Gasteiger partial charge in [0.2, 0.25) is 0 Å². The maximum Gasteiger partial charge on any atom is 0.127 e. The predicted molar refractivity (Wildman–Crippen MR) is 69.0 cm³/mol. The maximum absolute atomic E-state index is 6.25. The molecule has 0 aromatic carbocycles. The van der Waals surface area contributed by atoms with Crippen LogP contribution in [0.25, 0.3) is 0 Å². The monoisotopic (exact) mass is 237 g/mol. The Bertz CT molecular complexity index is 389. The standard InChI is InChI=1S/C12H19N3S/c1-2-15-11(13)10(9-5-6-16-7-9)14-12(15)8-3-4-8/h8-9H,2-7,13H2,1H3. The minimum absolute atomic E-state index is 0.607. The second-order valence-corrected chi connectivity index (χ2v) is 5.97. The van der Waals surface area contributed by atoms with Crippen LogP contribution in [0.4, 0.5) is 5.82 Å². The van der Waals surface area contributed by atoms with Crippen molar-refractivity contribution in [1.82, 2.24) is 9.55 Å². The van der Waals surface area contributed by atoms with Gasteiger partial charge >= 0.3 is 0 Å². The van der Waals surface area contributed by atoms with Crippen LogP contribution in [0.2, 0.25) is 0 Å². The molecule has 16 heavy (non-hydrogen) atoms. The van der Waals surface area contributed by atoms with Crippen LogP contribution in [0.3, 0.4) is 0 Å². The topological polar surface area (TPSA) is 43.8 Å². The number of nitrogens with zero attached hydrogens (tertiary/aromatic N) is 2. The summed E-state index contributed by atoms with van der Waals surface area (Å²) in [5.41, 5.74) is 7.44. The van der Waals surface area contributed by atoms with Crippen LogP contribution in [0.5, 0.6) is 0 Å². The number of hydrogen-bond acceptors (Lipinski definition) is 3. The smallest absolute Gasteiger partial charge is 0.127 e. The number of aromatic nitrogens is 2. The lowest BCUT2D eigenvalue weighted by Gasteiger charge is -2.07. The lowest BCUT2D eigenvalue weighted by atomic mass is 10.1. The molecule has 3 rings (SSSR count). The Morgan fingerprint density at radius 2 is 2.19 bits per heavy atom. The van der Waals surface area contributed by atoms with Crippen LogP contribution < -0.4 is 5.73 Å². The van der Waals surface area contributed by atoms with Gasteiger partial charge in [0.15, 0.2) is 0 Å². The number of rotatable bonds is 3. The SMILES string of the molecule is CCn1c(C2CC2)nc(C2CCSC2)c1N. The summed E-state index contributed by atoms with van der Waals surface area (Å²) in [6.45, 7) is 3.13. The highest BCUT2D eigenvalue weighted by Gasteiger charge is 2.32. The van der Waals surface area contributed by atoms with E-state index < -0.39 is 0 Å². The Morgan fingerprint density at radius 3 is 2.75 bits per heavy atom. The van der Waals surface area contributed by atoms with Gasteiger partial charge in [0.25, 0.3) is 0 Å². The zero-order chi connectivity index (χ0) is 11.1. The van der Waals surface area contributed by atoms with Crippen molar-refractivity contribution in [3.63, 3.8) is 0 Å². The minimum atomic E-state index is 0.607. The summed E-state index contributed by atoms with van der Waals surface area (Å²) in [6.07, 6.45) is 3.85. The van der Waals surface area contributed by atoms with Gasteiger partial charge in [-0.1, -0.05) is 0 Å². The summed E-state index contributed by atoms with van der Waals surface area (Å²) < 4.78 is 2.23. The van der Waals surface area contributed by atoms with Crippen molar-refractivity contribution in [3.8, 4) is 0 Å². The Hall–Kier alpha value is -0.640. The van der Waals surface area contributed by atoms with Gasteiger partial charge in [0.1, 0.15) is 11.6 Å². The van der Waals surface area contributed by atoms with Crippen LogP contribution in [0, 0.1) is 0 Å². The third-order valence-corrected chi connectivity index (χ3v) is 4.80. The molecule has 4 heteroatoms. The maximum atomic E-state index is 6.25. The van der Waals surface area contributed by atoms with Crippen LogP contribution in [0.1, 0.15) is 49.5 Å². The average molecular weight is 237 g/mol. The molecule has 2 heterocycles. The zero-order valence-corrected chi connectivity index (χ0v) is 10.6. The van der Waals surface area contributed by atoms with Crippen molar-refractivity contribution in [1.29, 1.82) is 0 Å². The Kier molecular flexibility index (Phi) is 2.62. The van der Waals surface area contributed by atoms with Gasteiger partial charge in [0.05, 0.1) is 5.69 Å². The number of imidazole rings is 1. The molecular formula is C12H19N3S. The summed E-state index contributed by atoms with van der Waals surface area (Å²) in [4.78, 5) is 4.85. The van der Waals surface area contributed by atoms with E-state index in [1.165, 1.54) is 42.3 Å². The highest BCUT2D eigenvalue weighted by Crippen LogP contribution is 2.43. The van der Waals surface area contributed by atoms with Crippen molar-refractivity contribution < 1.29 is 0 Å². The molecule has 1 aliphatic heterocycles. The van der Waals surface area contributed by atoms with E-state index in [4.69, 9.17) is 10.7 Å². The molecule has 88 valence electrons. The van der Waals surface area contributed by atoms with E-state index >= 15 is 0 Å². The van der Waals surface area contributed by atoms with Gasteiger partial charge in [-0.3, -0.25) is 0 Å². The molecule has 2 aliphatic rings. The third kappa shape index (κ3) is 1.63. The van der Waals surface area contributed by atoms with Crippen molar-refractivity contribution in [2.24, 2.45) is 0 Å². The molecule has 0 spiro atoms. The average Bonchev–Trinajstić information content (AvgIpc) is 2.88.